The van der Waals surface area contributed by atoms with E-state index in [0.717, 1.165) is 5.56 Å². The van der Waals surface area contributed by atoms with Gasteiger partial charge in [-0.15, -0.1) is 0 Å². The summed E-state index contributed by atoms with van der Waals surface area (Å²) >= 11 is 5.97. The smallest absolute Gasteiger partial charge is 0.255 e. The van der Waals surface area contributed by atoms with E-state index in [1.165, 1.54) is 12.3 Å². The first-order valence-electron chi connectivity index (χ1n) is 7.34. The second-order valence-electron chi connectivity index (χ2n) is 5.92. The summed E-state index contributed by atoms with van der Waals surface area (Å²) in [6.45, 7) is 0.758. The van der Waals surface area contributed by atoms with Crippen molar-refractivity contribution in [2.45, 2.75) is 18.4 Å². The van der Waals surface area contributed by atoms with E-state index in [0.29, 0.717) is 35.7 Å². The maximum atomic E-state index is 12.4. The maximum Gasteiger partial charge on any atom is 0.255 e. The van der Waals surface area contributed by atoms with Crippen LogP contribution in [-0.2, 0) is 6.42 Å². The normalized spacial score (nSPS) is 20.5. The van der Waals surface area contributed by atoms with Crippen LogP contribution in [0, 0.1) is 11.3 Å². The van der Waals surface area contributed by atoms with Gasteiger partial charge in [0.15, 0.2) is 0 Å². The number of carbonyl (C=O) groups is 1. The van der Waals surface area contributed by atoms with Gasteiger partial charge in [0, 0.05) is 24.2 Å². The van der Waals surface area contributed by atoms with Crippen molar-refractivity contribution >= 4 is 17.5 Å². The fraction of sp³-hybridized carbons (Fsp3) is 0.294. The molecule has 2 aromatic rings. The molecule has 3 rings (SSSR count). The first kappa shape index (κ1) is 15.6. The zero-order chi connectivity index (χ0) is 16.4. The number of nitrogens with one attached hydrogen (secondary N) is 1. The van der Waals surface area contributed by atoms with Gasteiger partial charge in [-0.25, -0.2) is 0 Å². The summed E-state index contributed by atoms with van der Waals surface area (Å²) in [6.07, 6.45) is 2.49. The first-order valence-corrected chi connectivity index (χ1v) is 7.71. The third-order valence-electron chi connectivity index (χ3n) is 4.09. The molecule has 5 nitrogen and oxygen atoms in total. The van der Waals surface area contributed by atoms with Gasteiger partial charge >= 0.3 is 0 Å². The number of halogens is 1. The number of nitrogens with zero attached hydrogens (tertiary/aromatic N) is 2. The standard InChI is InChI=1S/C17H16ClN3O2/c18-14-3-1-2-12(6-14)8-17(23)4-5-21(11-17)16(22)13-7-15(9-19)20-10-13/h1-3,6-7,10,20,23H,4-5,8,11H2. The lowest BCUT2D eigenvalue weighted by atomic mass is 9.94. The number of rotatable bonds is 3. The number of β-amino-alcohol motifs (C(OH)–C–C–N with tert-alkyl or cyclic N) is 1. The molecule has 0 spiro atoms. The zero-order valence-corrected chi connectivity index (χ0v) is 13.2. The number of benzene rings is 1. The highest BCUT2D eigenvalue weighted by Crippen LogP contribution is 2.27. The Kier molecular flexibility index (Phi) is 4.12. The molecular weight excluding hydrogens is 314 g/mol. The third-order valence-corrected chi connectivity index (χ3v) is 4.33. The molecule has 23 heavy (non-hydrogen) atoms. The highest BCUT2D eigenvalue weighted by atomic mass is 35.5. The van der Waals surface area contributed by atoms with E-state index < -0.39 is 5.60 Å². The summed E-state index contributed by atoms with van der Waals surface area (Å²) in [5, 5.41) is 20.2. The van der Waals surface area contributed by atoms with Crippen molar-refractivity contribution in [3.05, 3.63) is 58.4 Å². The molecule has 0 saturated carbocycles. The molecule has 1 saturated heterocycles. The second kappa shape index (κ2) is 6.07. The number of H-pyrrole nitrogens is 1. The number of carbonyl (C=O) groups excluding carboxylic acids is 1. The largest absolute Gasteiger partial charge is 0.388 e. The molecule has 1 amide bonds. The Morgan fingerprint density at radius 3 is 3.00 bits per heavy atom. The summed E-state index contributed by atoms with van der Waals surface area (Å²) in [4.78, 5) is 16.8. The molecule has 6 heteroatoms. The van der Waals surface area contributed by atoms with E-state index in [4.69, 9.17) is 16.9 Å². The van der Waals surface area contributed by atoms with Gasteiger partial charge in [0.25, 0.3) is 5.91 Å². The van der Waals surface area contributed by atoms with Crippen LogP contribution in [0.2, 0.25) is 5.02 Å². The van der Waals surface area contributed by atoms with Crippen LogP contribution in [-0.4, -0.2) is 39.6 Å². The molecular formula is C17H16ClN3O2. The highest BCUT2D eigenvalue weighted by Gasteiger charge is 2.38. The van der Waals surface area contributed by atoms with Crippen molar-refractivity contribution in [2.24, 2.45) is 0 Å². The molecule has 1 fully saturated rings. The van der Waals surface area contributed by atoms with Crippen LogP contribution in [0.4, 0.5) is 0 Å². The molecule has 0 radical (unpaired) electrons. The lowest BCUT2D eigenvalue weighted by Crippen LogP contribution is -2.37. The van der Waals surface area contributed by atoms with Gasteiger partial charge in [0.2, 0.25) is 0 Å². The van der Waals surface area contributed by atoms with Gasteiger partial charge in [-0.3, -0.25) is 4.79 Å². The minimum absolute atomic E-state index is 0.176. The van der Waals surface area contributed by atoms with E-state index in [-0.39, 0.29) is 12.5 Å². The Bertz CT molecular complexity index is 780. The molecule has 1 unspecified atom stereocenters. The summed E-state index contributed by atoms with van der Waals surface area (Å²) in [5.74, 6) is -0.176. The molecule has 0 bridgehead atoms. The first-order chi connectivity index (χ1) is 11.0. The Balaban J connectivity index is 1.69. The molecule has 1 aliphatic heterocycles. The number of hydrogen-bond donors (Lipinski definition) is 2. The van der Waals surface area contributed by atoms with Crippen molar-refractivity contribution in [3.8, 4) is 6.07 Å². The molecule has 1 aromatic heterocycles. The van der Waals surface area contributed by atoms with E-state index >= 15 is 0 Å². The average molecular weight is 330 g/mol. The highest BCUT2D eigenvalue weighted by molar-refractivity contribution is 6.30. The van der Waals surface area contributed by atoms with Crippen molar-refractivity contribution < 1.29 is 9.90 Å². The number of likely N-dealkylation sites (tertiary alicyclic amines) is 1. The molecule has 118 valence electrons. The monoisotopic (exact) mass is 329 g/mol. The molecule has 1 aromatic carbocycles. The number of aromatic nitrogens is 1. The van der Waals surface area contributed by atoms with Crippen molar-refractivity contribution in [3.63, 3.8) is 0 Å². The second-order valence-corrected chi connectivity index (χ2v) is 6.36. The summed E-state index contributed by atoms with van der Waals surface area (Å²) < 4.78 is 0. The Labute approximate surface area is 139 Å². The van der Waals surface area contributed by atoms with E-state index in [1.54, 1.807) is 11.0 Å². The van der Waals surface area contributed by atoms with Gasteiger partial charge < -0.3 is 15.0 Å². The van der Waals surface area contributed by atoms with Crippen LogP contribution < -0.4 is 0 Å². The van der Waals surface area contributed by atoms with Crippen molar-refractivity contribution in [1.82, 2.24) is 9.88 Å². The van der Waals surface area contributed by atoms with Crippen LogP contribution in [0.25, 0.3) is 0 Å². The summed E-state index contributed by atoms with van der Waals surface area (Å²) in [5.41, 5.74) is 0.785. The third kappa shape index (κ3) is 3.39. The number of nitriles is 1. The Hall–Kier alpha value is -2.29. The van der Waals surface area contributed by atoms with Gasteiger partial charge in [0.05, 0.1) is 17.7 Å². The van der Waals surface area contributed by atoms with Crippen LogP contribution in [0.1, 0.15) is 28.0 Å². The van der Waals surface area contributed by atoms with Crippen molar-refractivity contribution in [1.29, 1.82) is 5.26 Å². The molecule has 0 aliphatic carbocycles. The topological polar surface area (TPSA) is 80.1 Å². The zero-order valence-electron chi connectivity index (χ0n) is 12.4. The summed E-state index contributed by atoms with van der Waals surface area (Å²) in [6, 6.07) is 10.9. The van der Waals surface area contributed by atoms with Gasteiger partial charge in [0.1, 0.15) is 11.8 Å². The molecule has 2 N–H and O–H groups in total. The van der Waals surface area contributed by atoms with Crippen LogP contribution in [0.5, 0.6) is 0 Å². The number of amides is 1. The molecule has 1 aliphatic rings. The van der Waals surface area contributed by atoms with E-state index in [1.807, 2.05) is 24.3 Å². The number of aromatic amines is 1. The van der Waals surface area contributed by atoms with Gasteiger partial charge in [-0.05, 0) is 30.2 Å². The minimum Gasteiger partial charge on any atom is -0.388 e. The number of hydrogen-bond acceptors (Lipinski definition) is 3. The average Bonchev–Trinajstić information content (AvgIpc) is 3.13. The summed E-state index contributed by atoms with van der Waals surface area (Å²) in [7, 11) is 0. The van der Waals surface area contributed by atoms with Gasteiger partial charge in [-0.1, -0.05) is 23.7 Å². The van der Waals surface area contributed by atoms with Crippen LogP contribution >= 0.6 is 11.6 Å². The van der Waals surface area contributed by atoms with E-state index in [9.17, 15) is 9.90 Å². The van der Waals surface area contributed by atoms with E-state index in [2.05, 4.69) is 4.98 Å². The number of aliphatic hydroxyl groups is 1. The van der Waals surface area contributed by atoms with Crippen molar-refractivity contribution in [2.75, 3.05) is 13.1 Å². The molecule has 2 heterocycles. The minimum atomic E-state index is -0.950. The van der Waals surface area contributed by atoms with Gasteiger partial charge in [-0.2, -0.15) is 5.26 Å². The fourth-order valence-electron chi connectivity index (χ4n) is 2.97. The van der Waals surface area contributed by atoms with Crippen LogP contribution in [0.15, 0.2) is 36.5 Å². The lowest BCUT2D eigenvalue weighted by Gasteiger charge is -2.23. The fourth-order valence-corrected chi connectivity index (χ4v) is 3.18. The quantitative estimate of drug-likeness (QED) is 0.907. The SMILES string of the molecule is N#Cc1cc(C(=O)N2CCC(O)(Cc3cccc(Cl)c3)C2)c[nH]1. The lowest BCUT2D eigenvalue weighted by molar-refractivity contribution is 0.0445. The Morgan fingerprint density at radius 1 is 1.48 bits per heavy atom. The predicted molar refractivity (Wildman–Crippen MR) is 86.1 cm³/mol. The molecule has 1 atom stereocenters. The predicted octanol–water partition coefficient (Wildman–Crippen LogP) is 2.36. The Morgan fingerprint density at radius 2 is 2.30 bits per heavy atom. The van der Waals surface area contributed by atoms with Crippen LogP contribution in [0.3, 0.4) is 0 Å². The maximum absolute atomic E-state index is 12.4.